The molecule has 1 N–H and O–H groups in total. The van der Waals surface area contributed by atoms with E-state index in [-0.39, 0.29) is 0 Å². The first kappa shape index (κ1) is 9.61. The van der Waals surface area contributed by atoms with Gasteiger partial charge in [-0.25, -0.2) is 0 Å². The van der Waals surface area contributed by atoms with Crippen LogP contribution in [0.4, 0.5) is 0 Å². The van der Waals surface area contributed by atoms with Crippen LogP contribution in [0.25, 0.3) is 0 Å². The van der Waals surface area contributed by atoms with Gasteiger partial charge in [0.25, 0.3) is 0 Å². The van der Waals surface area contributed by atoms with Crippen molar-refractivity contribution in [2.75, 3.05) is 32.7 Å². The van der Waals surface area contributed by atoms with E-state index >= 15 is 0 Å². The molecular formula is C9H16N4O. The maximum absolute atomic E-state index is 4.95. The molecule has 1 aromatic heterocycles. The number of nitrogens with one attached hydrogen (secondary N) is 1. The SMILES string of the molecule is c1noc(CCN2CCCNCC2)n1. The van der Waals surface area contributed by atoms with Crippen molar-refractivity contribution in [1.82, 2.24) is 20.4 Å². The number of aromatic nitrogens is 2. The molecule has 5 nitrogen and oxygen atoms in total. The van der Waals surface area contributed by atoms with Crippen LogP contribution in [0.5, 0.6) is 0 Å². The summed E-state index contributed by atoms with van der Waals surface area (Å²) < 4.78 is 4.95. The first-order chi connectivity index (χ1) is 6.95. The van der Waals surface area contributed by atoms with Crippen molar-refractivity contribution >= 4 is 0 Å². The molecule has 1 aliphatic heterocycles. The summed E-state index contributed by atoms with van der Waals surface area (Å²) in [6.45, 7) is 5.53. The monoisotopic (exact) mass is 196 g/mol. The molecule has 0 spiro atoms. The Morgan fingerprint density at radius 1 is 1.43 bits per heavy atom. The van der Waals surface area contributed by atoms with Crippen molar-refractivity contribution in [3.8, 4) is 0 Å². The quantitative estimate of drug-likeness (QED) is 0.732. The normalized spacial score (nSPS) is 19.4. The molecule has 2 heterocycles. The van der Waals surface area contributed by atoms with E-state index in [9.17, 15) is 0 Å². The van der Waals surface area contributed by atoms with Crippen LogP contribution < -0.4 is 5.32 Å². The van der Waals surface area contributed by atoms with Gasteiger partial charge < -0.3 is 14.7 Å². The molecule has 0 unspecified atom stereocenters. The Bertz CT molecular complexity index is 241. The topological polar surface area (TPSA) is 54.2 Å². The number of rotatable bonds is 3. The molecule has 0 atom stereocenters. The zero-order valence-corrected chi connectivity index (χ0v) is 8.28. The van der Waals surface area contributed by atoms with Gasteiger partial charge in [0.15, 0.2) is 6.33 Å². The second-order valence-corrected chi connectivity index (χ2v) is 3.53. The third-order valence-corrected chi connectivity index (χ3v) is 2.48. The Labute approximate surface area is 83.5 Å². The van der Waals surface area contributed by atoms with Gasteiger partial charge in [-0.05, 0) is 19.5 Å². The second-order valence-electron chi connectivity index (χ2n) is 3.53. The predicted octanol–water partition coefficient (Wildman–Crippen LogP) is -0.0926. The first-order valence-corrected chi connectivity index (χ1v) is 5.14. The highest BCUT2D eigenvalue weighted by Gasteiger charge is 2.09. The van der Waals surface area contributed by atoms with E-state index in [0.29, 0.717) is 0 Å². The zero-order chi connectivity index (χ0) is 9.64. The lowest BCUT2D eigenvalue weighted by Crippen LogP contribution is -2.30. The van der Waals surface area contributed by atoms with Crippen LogP contribution in [0.1, 0.15) is 12.3 Å². The van der Waals surface area contributed by atoms with Gasteiger partial charge in [0, 0.05) is 26.1 Å². The lowest BCUT2D eigenvalue weighted by molar-refractivity contribution is 0.278. The van der Waals surface area contributed by atoms with E-state index < -0.39 is 0 Å². The summed E-state index contributed by atoms with van der Waals surface area (Å²) in [7, 11) is 0. The standard InChI is InChI=1S/C9H16N4O/c1-3-10-4-7-13(5-1)6-2-9-11-8-12-14-9/h8,10H,1-7H2. The molecule has 2 rings (SSSR count). The van der Waals surface area contributed by atoms with Crippen LogP contribution in [0, 0.1) is 0 Å². The fourth-order valence-electron chi connectivity index (χ4n) is 1.69. The molecule has 1 fully saturated rings. The largest absolute Gasteiger partial charge is 0.340 e. The minimum Gasteiger partial charge on any atom is -0.340 e. The molecule has 1 aliphatic rings. The molecule has 14 heavy (non-hydrogen) atoms. The molecule has 0 bridgehead atoms. The van der Waals surface area contributed by atoms with Crippen LogP contribution in [-0.4, -0.2) is 47.8 Å². The zero-order valence-electron chi connectivity index (χ0n) is 8.28. The summed E-state index contributed by atoms with van der Waals surface area (Å²) in [6.07, 6.45) is 3.54. The van der Waals surface area contributed by atoms with Crippen molar-refractivity contribution in [3.05, 3.63) is 12.2 Å². The summed E-state index contributed by atoms with van der Waals surface area (Å²) in [4.78, 5) is 6.44. The van der Waals surface area contributed by atoms with Gasteiger partial charge in [-0.2, -0.15) is 4.98 Å². The highest BCUT2D eigenvalue weighted by molar-refractivity contribution is 4.77. The van der Waals surface area contributed by atoms with E-state index in [4.69, 9.17) is 4.52 Å². The minimum absolute atomic E-state index is 0.738. The minimum atomic E-state index is 0.738. The van der Waals surface area contributed by atoms with E-state index in [1.54, 1.807) is 0 Å². The lowest BCUT2D eigenvalue weighted by atomic mass is 10.3. The van der Waals surface area contributed by atoms with Gasteiger partial charge in [0.1, 0.15) is 0 Å². The van der Waals surface area contributed by atoms with E-state index in [0.717, 1.165) is 38.5 Å². The molecule has 0 aliphatic carbocycles. The van der Waals surface area contributed by atoms with Crippen LogP contribution in [-0.2, 0) is 6.42 Å². The molecule has 5 heteroatoms. The number of hydrogen-bond donors (Lipinski definition) is 1. The molecule has 0 saturated carbocycles. The molecule has 0 amide bonds. The third-order valence-electron chi connectivity index (χ3n) is 2.48. The van der Waals surface area contributed by atoms with Crippen LogP contribution >= 0.6 is 0 Å². The van der Waals surface area contributed by atoms with E-state index in [1.165, 1.54) is 19.3 Å². The Morgan fingerprint density at radius 3 is 3.29 bits per heavy atom. The molecule has 78 valence electrons. The number of nitrogens with zero attached hydrogens (tertiary/aromatic N) is 3. The van der Waals surface area contributed by atoms with Crippen LogP contribution in [0.15, 0.2) is 10.9 Å². The Kier molecular flexibility index (Phi) is 3.48. The maximum Gasteiger partial charge on any atom is 0.227 e. The maximum atomic E-state index is 4.95. The second kappa shape index (κ2) is 5.07. The highest BCUT2D eigenvalue weighted by Crippen LogP contribution is 1.99. The van der Waals surface area contributed by atoms with Crippen molar-refractivity contribution in [2.45, 2.75) is 12.8 Å². The molecule has 1 aromatic rings. The third kappa shape index (κ3) is 2.78. The average Bonchev–Trinajstić information content (AvgIpc) is 2.58. The van der Waals surface area contributed by atoms with Gasteiger partial charge in [0.2, 0.25) is 5.89 Å². The smallest absolute Gasteiger partial charge is 0.227 e. The van der Waals surface area contributed by atoms with Gasteiger partial charge in [-0.15, -0.1) is 0 Å². The van der Waals surface area contributed by atoms with Crippen molar-refractivity contribution in [3.63, 3.8) is 0 Å². The molecule has 0 radical (unpaired) electrons. The van der Waals surface area contributed by atoms with Crippen LogP contribution in [0.2, 0.25) is 0 Å². The van der Waals surface area contributed by atoms with Gasteiger partial charge in [-0.3, -0.25) is 0 Å². The summed E-state index contributed by atoms with van der Waals surface area (Å²) in [5, 5.41) is 6.96. The molecule has 1 saturated heterocycles. The van der Waals surface area contributed by atoms with Gasteiger partial charge >= 0.3 is 0 Å². The average molecular weight is 196 g/mol. The summed E-state index contributed by atoms with van der Waals surface area (Å²) in [6, 6.07) is 0. The Morgan fingerprint density at radius 2 is 2.43 bits per heavy atom. The van der Waals surface area contributed by atoms with Crippen molar-refractivity contribution in [1.29, 1.82) is 0 Å². The fourth-order valence-corrected chi connectivity index (χ4v) is 1.69. The molecule has 0 aromatic carbocycles. The summed E-state index contributed by atoms with van der Waals surface area (Å²) in [5.74, 6) is 0.738. The van der Waals surface area contributed by atoms with E-state index in [2.05, 4.69) is 20.4 Å². The predicted molar refractivity (Wildman–Crippen MR) is 51.9 cm³/mol. The lowest BCUT2D eigenvalue weighted by Gasteiger charge is -2.17. The summed E-state index contributed by atoms with van der Waals surface area (Å²) in [5.41, 5.74) is 0. The Hall–Kier alpha value is -0.940. The Balaban J connectivity index is 1.73. The van der Waals surface area contributed by atoms with Crippen LogP contribution in [0.3, 0.4) is 0 Å². The van der Waals surface area contributed by atoms with Gasteiger partial charge in [-0.1, -0.05) is 5.16 Å². The van der Waals surface area contributed by atoms with Gasteiger partial charge in [0.05, 0.1) is 0 Å². The van der Waals surface area contributed by atoms with E-state index in [1.807, 2.05) is 0 Å². The fraction of sp³-hybridized carbons (Fsp3) is 0.778. The number of hydrogen-bond acceptors (Lipinski definition) is 5. The van der Waals surface area contributed by atoms with Crippen molar-refractivity contribution < 1.29 is 4.52 Å². The highest BCUT2D eigenvalue weighted by atomic mass is 16.5. The molecular weight excluding hydrogens is 180 g/mol. The van der Waals surface area contributed by atoms with Crippen molar-refractivity contribution in [2.24, 2.45) is 0 Å². The summed E-state index contributed by atoms with van der Waals surface area (Å²) >= 11 is 0. The first-order valence-electron chi connectivity index (χ1n) is 5.14.